The molecule has 1 aliphatic rings. The van der Waals surface area contributed by atoms with Gasteiger partial charge in [0.15, 0.2) is 0 Å². The molecule has 3 rings (SSSR count). The minimum atomic E-state index is -0.402. The molecule has 20 heavy (non-hydrogen) atoms. The van der Waals surface area contributed by atoms with Crippen LogP contribution in [0, 0.1) is 5.82 Å². The Kier molecular flexibility index (Phi) is 3.74. The highest BCUT2D eigenvalue weighted by molar-refractivity contribution is 6.30. The van der Waals surface area contributed by atoms with E-state index in [4.69, 9.17) is 17.3 Å². The van der Waals surface area contributed by atoms with E-state index in [0.717, 1.165) is 31.0 Å². The van der Waals surface area contributed by atoms with E-state index < -0.39 is 5.82 Å². The zero-order valence-electron chi connectivity index (χ0n) is 11.0. The minimum absolute atomic E-state index is 0.0211. The molecule has 0 bridgehead atoms. The number of hydrogen-bond acceptors (Lipinski definition) is 3. The fourth-order valence-electron chi connectivity index (χ4n) is 2.67. The Morgan fingerprint density at radius 3 is 3.00 bits per heavy atom. The van der Waals surface area contributed by atoms with Crippen LogP contribution in [0.4, 0.5) is 4.39 Å². The van der Waals surface area contributed by atoms with Crippen molar-refractivity contribution in [2.45, 2.75) is 19.1 Å². The Bertz CT molecular complexity index is 613. The lowest BCUT2D eigenvalue weighted by atomic mass is 10.0. The van der Waals surface area contributed by atoms with Gasteiger partial charge in [0.2, 0.25) is 0 Å². The number of benzene rings is 1. The lowest BCUT2D eigenvalue weighted by Gasteiger charge is -2.34. The second-order valence-corrected chi connectivity index (χ2v) is 5.34. The molecule has 0 radical (unpaired) electrons. The van der Waals surface area contributed by atoms with Crippen molar-refractivity contribution in [1.82, 2.24) is 14.5 Å². The summed E-state index contributed by atoms with van der Waals surface area (Å²) in [4.78, 5) is 6.56. The van der Waals surface area contributed by atoms with Crippen LogP contribution in [0.5, 0.6) is 0 Å². The summed E-state index contributed by atoms with van der Waals surface area (Å²) < 4.78 is 15.8. The van der Waals surface area contributed by atoms with Crippen molar-refractivity contribution in [1.29, 1.82) is 0 Å². The molecule has 0 saturated heterocycles. The molecule has 1 aliphatic heterocycles. The van der Waals surface area contributed by atoms with Crippen molar-refractivity contribution >= 4 is 11.6 Å². The molecule has 2 heterocycles. The fourth-order valence-corrected chi connectivity index (χ4v) is 2.79. The summed E-state index contributed by atoms with van der Waals surface area (Å²) in [5.74, 6) is 0.616. The molecule has 106 valence electrons. The van der Waals surface area contributed by atoms with Crippen LogP contribution in [-0.4, -0.2) is 27.5 Å². The van der Waals surface area contributed by atoms with Gasteiger partial charge in [-0.05, 0) is 17.7 Å². The van der Waals surface area contributed by atoms with Gasteiger partial charge in [0.25, 0.3) is 0 Å². The SMILES string of the molecule is NCC(c1ccc(Cl)c(F)c1)N1CCn2ccnc2C1. The van der Waals surface area contributed by atoms with Crippen molar-refractivity contribution < 1.29 is 4.39 Å². The maximum Gasteiger partial charge on any atom is 0.142 e. The molecular weight excluding hydrogens is 279 g/mol. The molecule has 0 fully saturated rings. The first-order valence-corrected chi connectivity index (χ1v) is 6.96. The van der Waals surface area contributed by atoms with E-state index in [1.54, 1.807) is 12.3 Å². The summed E-state index contributed by atoms with van der Waals surface area (Å²) >= 11 is 5.73. The Morgan fingerprint density at radius 2 is 2.25 bits per heavy atom. The van der Waals surface area contributed by atoms with E-state index in [-0.39, 0.29) is 11.1 Å². The number of halogens is 2. The van der Waals surface area contributed by atoms with Gasteiger partial charge in [-0.25, -0.2) is 9.37 Å². The summed E-state index contributed by atoms with van der Waals surface area (Å²) in [7, 11) is 0. The molecule has 6 heteroatoms. The molecule has 0 spiro atoms. The van der Waals surface area contributed by atoms with Gasteiger partial charge in [-0.2, -0.15) is 0 Å². The Hall–Kier alpha value is -1.43. The van der Waals surface area contributed by atoms with Crippen LogP contribution in [0.1, 0.15) is 17.4 Å². The van der Waals surface area contributed by atoms with Crippen molar-refractivity contribution in [2.24, 2.45) is 5.73 Å². The second-order valence-electron chi connectivity index (χ2n) is 4.93. The maximum atomic E-state index is 13.6. The number of imidazole rings is 1. The van der Waals surface area contributed by atoms with Crippen LogP contribution in [0.3, 0.4) is 0 Å². The normalized spacial score (nSPS) is 16.9. The lowest BCUT2D eigenvalue weighted by Crippen LogP contribution is -2.39. The molecule has 1 aromatic heterocycles. The van der Waals surface area contributed by atoms with E-state index in [1.165, 1.54) is 6.07 Å². The Labute approximate surface area is 122 Å². The zero-order chi connectivity index (χ0) is 14.1. The van der Waals surface area contributed by atoms with Gasteiger partial charge in [0.1, 0.15) is 11.6 Å². The predicted molar refractivity (Wildman–Crippen MR) is 75.8 cm³/mol. The number of aromatic nitrogens is 2. The largest absolute Gasteiger partial charge is 0.333 e. The number of hydrogen-bond donors (Lipinski definition) is 1. The maximum absolute atomic E-state index is 13.6. The molecule has 1 atom stereocenters. The third kappa shape index (κ3) is 2.44. The molecule has 2 N–H and O–H groups in total. The first-order chi connectivity index (χ1) is 9.69. The van der Waals surface area contributed by atoms with Crippen LogP contribution in [0.15, 0.2) is 30.6 Å². The van der Waals surface area contributed by atoms with Crippen LogP contribution in [0.25, 0.3) is 0 Å². The van der Waals surface area contributed by atoms with Gasteiger partial charge in [0.05, 0.1) is 11.6 Å². The third-order valence-electron chi connectivity index (χ3n) is 3.77. The third-order valence-corrected chi connectivity index (χ3v) is 4.07. The monoisotopic (exact) mass is 294 g/mol. The summed E-state index contributed by atoms with van der Waals surface area (Å²) in [6, 6.07) is 4.87. The number of fused-ring (bicyclic) bond motifs is 1. The van der Waals surface area contributed by atoms with Crippen molar-refractivity contribution in [2.75, 3.05) is 13.1 Å². The van der Waals surface area contributed by atoms with E-state index in [1.807, 2.05) is 12.3 Å². The Balaban J connectivity index is 1.85. The number of nitrogens with zero attached hydrogens (tertiary/aromatic N) is 3. The molecule has 0 saturated carbocycles. The van der Waals surface area contributed by atoms with Crippen LogP contribution < -0.4 is 5.73 Å². The summed E-state index contributed by atoms with van der Waals surface area (Å²) in [5.41, 5.74) is 6.75. The van der Waals surface area contributed by atoms with Crippen LogP contribution >= 0.6 is 11.6 Å². The number of rotatable bonds is 3. The quantitative estimate of drug-likeness (QED) is 0.944. The van der Waals surface area contributed by atoms with Gasteiger partial charge in [-0.3, -0.25) is 4.90 Å². The molecule has 1 aromatic carbocycles. The highest BCUT2D eigenvalue weighted by Gasteiger charge is 2.24. The molecular formula is C14H16ClFN4. The minimum Gasteiger partial charge on any atom is -0.333 e. The fraction of sp³-hybridized carbons (Fsp3) is 0.357. The van der Waals surface area contributed by atoms with Crippen molar-refractivity contribution in [3.8, 4) is 0 Å². The average Bonchev–Trinajstić information content (AvgIpc) is 2.91. The lowest BCUT2D eigenvalue weighted by molar-refractivity contribution is 0.156. The van der Waals surface area contributed by atoms with E-state index in [2.05, 4.69) is 14.5 Å². The van der Waals surface area contributed by atoms with Crippen molar-refractivity contribution in [3.05, 3.63) is 52.8 Å². The molecule has 0 aliphatic carbocycles. The van der Waals surface area contributed by atoms with E-state index >= 15 is 0 Å². The van der Waals surface area contributed by atoms with Gasteiger partial charge in [0, 0.05) is 38.1 Å². The summed E-state index contributed by atoms with van der Waals surface area (Å²) in [6.07, 6.45) is 3.78. The van der Waals surface area contributed by atoms with E-state index in [0.29, 0.717) is 6.54 Å². The number of nitrogens with two attached hydrogens (primary N) is 1. The topological polar surface area (TPSA) is 47.1 Å². The van der Waals surface area contributed by atoms with Crippen molar-refractivity contribution in [3.63, 3.8) is 0 Å². The molecule has 0 amide bonds. The van der Waals surface area contributed by atoms with E-state index in [9.17, 15) is 4.39 Å². The average molecular weight is 295 g/mol. The Morgan fingerprint density at radius 1 is 1.40 bits per heavy atom. The van der Waals surface area contributed by atoms with Gasteiger partial charge in [-0.1, -0.05) is 17.7 Å². The molecule has 1 unspecified atom stereocenters. The highest BCUT2D eigenvalue weighted by atomic mass is 35.5. The first kappa shape index (κ1) is 13.5. The first-order valence-electron chi connectivity index (χ1n) is 6.58. The standard InChI is InChI=1S/C14H16ClFN4/c15-11-2-1-10(7-12(11)16)13(8-17)20-6-5-19-4-3-18-14(19)9-20/h1-4,7,13H,5-6,8-9,17H2. The smallest absolute Gasteiger partial charge is 0.142 e. The second kappa shape index (κ2) is 5.52. The van der Waals surface area contributed by atoms with Crippen LogP contribution in [-0.2, 0) is 13.1 Å². The molecule has 2 aromatic rings. The van der Waals surface area contributed by atoms with Gasteiger partial charge >= 0.3 is 0 Å². The van der Waals surface area contributed by atoms with Gasteiger partial charge < -0.3 is 10.3 Å². The van der Waals surface area contributed by atoms with Crippen LogP contribution in [0.2, 0.25) is 5.02 Å². The summed E-state index contributed by atoms with van der Waals surface area (Å²) in [6.45, 7) is 2.90. The predicted octanol–water partition coefficient (Wildman–Crippen LogP) is 2.19. The molecule has 4 nitrogen and oxygen atoms in total. The summed E-state index contributed by atoms with van der Waals surface area (Å²) in [5, 5.41) is 0.138. The zero-order valence-corrected chi connectivity index (χ0v) is 11.7. The van der Waals surface area contributed by atoms with Gasteiger partial charge in [-0.15, -0.1) is 0 Å². The highest BCUT2D eigenvalue weighted by Crippen LogP contribution is 2.26.